The molecule has 1 N–H and O–H groups in total. The van der Waals surface area contributed by atoms with Crippen molar-refractivity contribution in [1.29, 1.82) is 0 Å². The second-order valence-corrected chi connectivity index (χ2v) is 7.09. The van der Waals surface area contributed by atoms with Crippen molar-refractivity contribution in [3.63, 3.8) is 0 Å². The quantitative estimate of drug-likeness (QED) is 0.546. The summed E-state index contributed by atoms with van der Waals surface area (Å²) in [5.74, 6) is 2.34. The lowest BCUT2D eigenvalue weighted by molar-refractivity contribution is -0.116. The largest absolute Gasteiger partial charge is 0.493 e. The van der Waals surface area contributed by atoms with Crippen LogP contribution in [0.15, 0.2) is 67.0 Å². The first kappa shape index (κ1) is 21.2. The SMILES string of the molecule is COc1cc(/C=C/C(=O)NCc2ccc(OCc3cccnc3)cc2)cc2c1OCCO2. The number of pyridine rings is 1. The molecule has 2 heterocycles. The number of amides is 1. The summed E-state index contributed by atoms with van der Waals surface area (Å²) in [6.45, 7) is 1.84. The molecule has 1 amide bonds. The minimum atomic E-state index is -0.198. The van der Waals surface area contributed by atoms with E-state index in [9.17, 15) is 4.79 Å². The lowest BCUT2D eigenvalue weighted by Crippen LogP contribution is -2.20. The Labute approximate surface area is 186 Å². The standard InChI is InChI=1S/C25H24N2O5/c1-29-22-13-19(14-23-25(22)31-12-11-30-23)6-9-24(28)27-16-18-4-7-21(8-5-18)32-17-20-3-2-10-26-15-20/h2-10,13-15H,11-12,16-17H2,1H3,(H,27,28)/b9-6+. The molecular weight excluding hydrogens is 408 g/mol. The first-order valence-electron chi connectivity index (χ1n) is 10.3. The Balaban J connectivity index is 1.29. The molecule has 0 aliphatic carbocycles. The summed E-state index contributed by atoms with van der Waals surface area (Å²) in [6, 6.07) is 15.1. The van der Waals surface area contributed by atoms with Gasteiger partial charge in [0.1, 0.15) is 25.6 Å². The van der Waals surface area contributed by atoms with Crippen LogP contribution in [-0.4, -0.2) is 31.2 Å². The molecule has 0 radical (unpaired) electrons. The van der Waals surface area contributed by atoms with E-state index in [1.165, 1.54) is 6.08 Å². The average Bonchev–Trinajstić information content (AvgIpc) is 2.85. The summed E-state index contributed by atoms with van der Waals surface area (Å²) in [5, 5.41) is 2.88. The molecule has 32 heavy (non-hydrogen) atoms. The number of hydrogen-bond acceptors (Lipinski definition) is 6. The third-order valence-corrected chi connectivity index (χ3v) is 4.80. The van der Waals surface area contributed by atoms with Crippen LogP contribution < -0.4 is 24.3 Å². The maximum atomic E-state index is 12.2. The zero-order valence-corrected chi connectivity index (χ0v) is 17.7. The second kappa shape index (κ2) is 10.3. The number of ether oxygens (including phenoxy) is 4. The highest BCUT2D eigenvalue weighted by molar-refractivity contribution is 5.91. The van der Waals surface area contributed by atoms with E-state index in [0.29, 0.717) is 43.6 Å². The van der Waals surface area contributed by atoms with Crippen LogP contribution in [0.2, 0.25) is 0 Å². The minimum absolute atomic E-state index is 0.198. The van der Waals surface area contributed by atoms with E-state index >= 15 is 0 Å². The monoisotopic (exact) mass is 432 g/mol. The van der Waals surface area contributed by atoms with Gasteiger partial charge >= 0.3 is 0 Å². The molecule has 1 aromatic heterocycles. The molecule has 1 aliphatic heterocycles. The first-order chi connectivity index (χ1) is 15.7. The maximum absolute atomic E-state index is 12.2. The van der Waals surface area contributed by atoms with Crippen molar-refractivity contribution in [3.8, 4) is 23.0 Å². The Bertz CT molecular complexity index is 1060. The van der Waals surface area contributed by atoms with Crippen molar-refractivity contribution >= 4 is 12.0 Å². The fraction of sp³-hybridized carbons (Fsp3) is 0.200. The summed E-state index contributed by atoms with van der Waals surface area (Å²) in [4.78, 5) is 16.3. The molecule has 0 saturated heterocycles. The van der Waals surface area contributed by atoms with E-state index in [2.05, 4.69) is 10.3 Å². The van der Waals surface area contributed by atoms with Gasteiger partial charge < -0.3 is 24.3 Å². The lowest BCUT2D eigenvalue weighted by Gasteiger charge is -2.20. The molecule has 2 aromatic carbocycles. The van der Waals surface area contributed by atoms with Crippen molar-refractivity contribution in [2.75, 3.05) is 20.3 Å². The van der Waals surface area contributed by atoms with E-state index < -0.39 is 0 Å². The summed E-state index contributed by atoms with van der Waals surface area (Å²) in [7, 11) is 1.57. The van der Waals surface area contributed by atoms with Gasteiger partial charge in [-0.05, 0) is 47.5 Å². The van der Waals surface area contributed by atoms with Gasteiger partial charge in [0.05, 0.1) is 7.11 Å². The van der Waals surface area contributed by atoms with Gasteiger partial charge in [0.25, 0.3) is 0 Å². The van der Waals surface area contributed by atoms with Crippen LogP contribution in [0.3, 0.4) is 0 Å². The van der Waals surface area contributed by atoms with E-state index in [4.69, 9.17) is 18.9 Å². The number of fused-ring (bicyclic) bond motifs is 1. The molecule has 4 rings (SSSR count). The van der Waals surface area contributed by atoms with Crippen molar-refractivity contribution in [2.24, 2.45) is 0 Å². The van der Waals surface area contributed by atoms with Crippen molar-refractivity contribution in [3.05, 3.63) is 83.7 Å². The van der Waals surface area contributed by atoms with Crippen molar-refractivity contribution in [1.82, 2.24) is 10.3 Å². The predicted molar refractivity (Wildman–Crippen MR) is 120 cm³/mol. The highest BCUT2D eigenvalue weighted by Gasteiger charge is 2.17. The molecule has 0 spiro atoms. The average molecular weight is 432 g/mol. The Kier molecular flexibility index (Phi) is 6.87. The number of nitrogens with zero attached hydrogens (tertiary/aromatic N) is 1. The Morgan fingerprint density at radius 1 is 1.12 bits per heavy atom. The molecular formula is C25H24N2O5. The smallest absolute Gasteiger partial charge is 0.244 e. The number of rotatable bonds is 8. The summed E-state index contributed by atoms with van der Waals surface area (Å²) < 4.78 is 22.3. The second-order valence-electron chi connectivity index (χ2n) is 7.09. The van der Waals surface area contributed by atoms with Gasteiger partial charge in [0.2, 0.25) is 11.7 Å². The Morgan fingerprint density at radius 3 is 2.75 bits per heavy atom. The normalized spacial score (nSPS) is 12.4. The van der Waals surface area contributed by atoms with Crippen LogP contribution in [0.25, 0.3) is 6.08 Å². The van der Waals surface area contributed by atoms with Crippen molar-refractivity contribution in [2.45, 2.75) is 13.2 Å². The fourth-order valence-corrected chi connectivity index (χ4v) is 3.16. The van der Waals surface area contributed by atoms with Crippen LogP contribution >= 0.6 is 0 Å². The molecule has 0 atom stereocenters. The highest BCUT2D eigenvalue weighted by atomic mass is 16.6. The van der Waals surface area contributed by atoms with E-state index in [-0.39, 0.29) is 5.91 Å². The number of aromatic nitrogens is 1. The minimum Gasteiger partial charge on any atom is -0.493 e. The fourth-order valence-electron chi connectivity index (χ4n) is 3.16. The number of hydrogen-bond donors (Lipinski definition) is 1. The van der Waals surface area contributed by atoms with Crippen LogP contribution in [0.5, 0.6) is 23.0 Å². The van der Waals surface area contributed by atoms with Gasteiger partial charge in [-0.1, -0.05) is 18.2 Å². The number of nitrogens with one attached hydrogen (secondary N) is 1. The van der Waals surface area contributed by atoms with Crippen LogP contribution in [0, 0.1) is 0 Å². The van der Waals surface area contributed by atoms with Gasteiger partial charge in [-0.3, -0.25) is 9.78 Å². The number of benzene rings is 2. The number of methoxy groups -OCH3 is 1. The van der Waals surface area contributed by atoms with E-state index in [1.54, 1.807) is 25.6 Å². The molecule has 1 aliphatic rings. The Morgan fingerprint density at radius 2 is 1.97 bits per heavy atom. The zero-order chi connectivity index (χ0) is 22.2. The predicted octanol–water partition coefficient (Wildman–Crippen LogP) is 3.77. The third-order valence-electron chi connectivity index (χ3n) is 4.80. The van der Waals surface area contributed by atoms with Crippen LogP contribution in [0.4, 0.5) is 0 Å². The highest BCUT2D eigenvalue weighted by Crippen LogP contribution is 2.40. The Hall–Kier alpha value is -4.00. The molecule has 0 unspecified atom stereocenters. The molecule has 0 saturated carbocycles. The summed E-state index contributed by atoms with van der Waals surface area (Å²) in [6.07, 6.45) is 6.70. The third kappa shape index (κ3) is 5.57. The number of carbonyl (C=O) groups is 1. The zero-order valence-electron chi connectivity index (χ0n) is 17.7. The molecule has 3 aromatic rings. The lowest BCUT2D eigenvalue weighted by atomic mass is 10.1. The van der Waals surface area contributed by atoms with E-state index in [0.717, 1.165) is 22.4 Å². The topological polar surface area (TPSA) is 78.9 Å². The molecule has 0 bridgehead atoms. The van der Waals surface area contributed by atoms with Crippen molar-refractivity contribution < 1.29 is 23.7 Å². The first-order valence-corrected chi connectivity index (χ1v) is 10.3. The molecule has 7 heteroatoms. The van der Waals surface area contributed by atoms with Crippen LogP contribution in [-0.2, 0) is 17.9 Å². The van der Waals surface area contributed by atoms with Gasteiger partial charge in [0, 0.05) is 30.6 Å². The van der Waals surface area contributed by atoms with E-state index in [1.807, 2.05) is 48.5 Å². The maximum Gasteiger partial charge on any atom is 0.244 e. The van der Waals surface area contributed by atoms with Gasteiger partial charge in [-0.25, -0.2) is 0 Å². The summed E-state index contributed by atoms with van der Waals surface area (Å²) >= 11 is 0. The van der Waals surface area contributed by atoms with Crippen LogP contribution in [0.1, 0.15) is 16.7 Å². The molecule has 164 valence electrons. The van der Waals surface area contributed by atoms with Gasteiger partial charge in [-0.2, -0.15) is 0 Å². The van der Waals surface area contributed by atoms with Gasteiger partial charge in [0.15, 0.2) is 11.5 Å². The molecule has 0 fully saturated rings. The summed E-state index contributed by atoms with van der Waals surface area (Å²) in [5.41, 5.74) is 2.77. The van der Waals surface area contributed by atoms with Gasteiger partial charge in [-0.15, -0.1) is 0 Å². The molecule has 7 nitrogen and oxygen atoms in total. The number of carbonyl (C=O) groups excluding carboxylic acids is 1.